The van der Waals surface area contributed by atoms with Crippen molar-refractivity contribution in [2.24, 2.45) is 0 Å². The Labute approximate surface area is 161 Å². The number of hydrogen-bond donors (Lipinski definition) is 1. The molecule has 0 fully saturated rings. The predicted molar refractivity (Wildman–Crippen MR) is 106 cm³/mol. The number of thiophene rings is 2. The molecule has 0 aliphatic rings. The quantitative estimate of drug-likeness (QED) is 0.610. The summed E-state index contributed by atoms with van der Waals surface area (Å²) < 4.78 is 38.2. The summed E-state index contributed by atoms with van der Waals surface area (Å²) in [5.41, 5.74) is 0. The topological polar surface area (TPSA) is 64.6 Å². The zero-order chi connectivity index (χ0) is 18.6. The van der Waals surface area contributed by atoms with E-state index in [1.807, 2.05) is 17.5 Å². The Hall–Kier alpha value is -1.87. The fraction of sp³-hybridized carbons (Fsp3) is 0.222. The number of methoxy groups -OCH3 is 2. The lowest BCUT2D eigenvalue weighted by Crippen LogP contribution is -2.26. The smallest absolute Gasteiger partial charge is 0.244 e. The first-order chi connectivity index (χ1) is 12.5. The van der Waals surface area contributed by atoms with Crippen molar-refractivity contribution in [3.8, 4) is 21.3 Å². The van der Waals surface area contributed by atoms with Crippen LogP contribution in [0.2, 0.25) is 0 Å². The normalized spacial score (nSPS) is 11.5. The highest BCUT2D eigenvalue weighted by molar-refractivity contribution is 7.89. The monoisotopic (exact) mass is 409 g/mol. The van der Waals surface area contributed by atoms with Gasteiger partial charge in [0.15, 0.2) is 0 Å². The molecular formula is C18H19NO4S3. The lowest BCUT2D eigenvalue weighted by molar-refractivity contribution is 0.392. The molecule has 0 saturated carbocycles. The van der Waals surface area contributed by atoms with Crippen LogP contribution in [0.4, 0.5) is 0 Å². The molecule has 3 rings (SSSR count). The van der Waals surface area contributed by atoms with E-state index in [0.717, 1.165) is 4.88 Å². The van der Waals surface area contributed by atoms with Crippen LogP contribution in [-0.2, 0) is 16.4 Å². The summed E-state index contributed by atoms with van der Waals surface area (Å²) in [5, 5.41) is 2.05. The molecule has 0 saturated heterocycles. The molecular weight excluding hydrogens is 390 g/mol. The van der Waals surface area contributed by atoms with Gasteiger partial charge in [0.25, 0.3) is 0 Å². The van der Waals surface area contributed by atoms with Crippen molar-refractivity contribution in [1.82, 2.24) is 4.72 Å². The highest BCUT2D eigenvalue weighted by Gasteiger charge is 2.20. The molecule has 0 amide bonds. The largest absolute Gasteiger partial charge is 0.497 e. The van der Waals surface area contributed by atoms with Crippen LogP contribution in [0.15, 0.2) is 52.7 Å². The Morgan fingerprint density at radius 3 is 2.58 bits per heavy atom. The van der Waals surface area contributed by atoms with E-state index in [4.69, 9.17) is 9.47 Å². The molecule has 3 aromatic rings. The molecule has 2 heterocycles. The Morgan fingerprint density at radius 2 is 1.88 bits per heavy atom. The minimum Gasteiger partial charge on any atom is -0.497 e. The van der Waals surface area contributed by atoms with Crippen LogP contribution in [0, 0.1) is 0 Å². The fourth-order valence-electron chi connectivity index (χ4n) is 2.44. The molecule has 0 atom stereocenters. The van der Waals surface area contributed by atoms with Gasteiger partial charge in [-0.15, -0.1) is 22.7 Å². The molecule has 0 aliphatic carbocycles. The molecule has 26 heavy (non-hydrogen) atoms. The lowest BCUT2D eigenvalue weighted by atomic mass is 10.3. The number of sulfonamides is 1. The molecule has 0 spiro atoms. The molecule has 138 valence electrons. The second-order valence-corrected chi connectivity index (χ2v) is 9.26. The minimum absolute atomic E-state index is 0.0739. The van der Waals surface area contributed by atoms with Gasteiger partial charge in [-0.25, -0.2) is 13.1 Å². The Morgan fingerprint density at radius 1 is 1.04 bits per heavy atom. The lowest BCUT2D eigenvalue weighted by Gasteiger charge is -2.12. The maximum atomic E-state index is 12.6. The molecule has 5 nitrogen and oxygen atoms in total. The average molecular weight is 410 g/mol. The van der Waals surface area contributed by atoms with Gasteiger partial charge in [-0.3, -0.25) is 0 Å². The summed E-state index contributed by atoms with van der Waals surface area (Å²) in [6.45, 7) is 0.313. The van der Waals surface area contributed by atoms with Crippen LogP contribution >= 0.6 is 22.7 Å². The zero-order valence-electron chi connectivity index (χ0n) is 14.4. The number of ether oxygens (including phenoxy) is 2. The van der Waals surface area contributed by atoms with Crippen LogP contribution in [0.1, 0.15) is 4.88 Å². The number of hydrogen-bond acceptors (Lipinski definition) is 6. The molecule has 0 radical (unpaired) electrons. The molecule has 2 aromatic heterocycles. The van der Waals surface area contributed by atoms with Gasteiger partial charge in [0, 0.05) is 27.2 Å². The highest BCUT2D eigenvalue weighted by atomic mass is 32.2. The van der Waals surface area contributed by atoms with Gasteiger partial charge in [0.05, 0.1) is 14.2 Å². The second-order valence-electron chi connectivity index (χ2n) is 5.41. The van der Waals surface area contributed by atoms with Crippen LogP contribution < -0.4 is 14.2 Å². The standard InChI is InChI=1S/C18H19NO4S3/c1-22-13-5-7-15(23-2)18(12-13)26(20,21)19-10-9-14-6-8-17(25-14)16-4-3-11-24-16/h3-8,11-12,19H,9-10H2,1-2H3. The molecule has 0 unspecified atom stereocenters. The van der Waals surface area contributed by atoms with Gasteiger partial charge in [-0.2, -0.15) is 0 Å². The van der Waals surface area contributed by atoms with E-state index in [-0.39, 0.29) is 10.6 Å². The van der Waals surface area contributed by atoms with Crippen molar-refractivity contribution in [2.75, 3.05) is 20.8 Å². The third-order valence-electron chi connectivity index (χ3n) is 3.75. The van der Waals surface area contributed by atoms with E-state index >= 15 is 0 Å². The van der Waals surface area contributed by atoms with Crippen molar-refractivity contribution < 1.29 is 17.9 Å². The van der Waals surface area contributed by atoms with Crippen molar-refractivity contribution in [1.29, 1.82) is 0 Å². The summed E-state index contributed by atoms with van der Waals surface area (Å²) in [7, 11) is -0.754. The van der Waals surface area contributed by atoms with Crippen molar-refractivity contribution in [2.45, 2.75) is 11.3 Å². The maximum absolute atomic E-state index is 12.6. The van der Waals surface area contributed by atoms with E-state index < -0.39 is 10.0 Å². The van der Waals surface area contributed by atoms with Gasteiger partial charge in [0.1, 0.15) is 16.4 Å². The first kappa shape index (κ1) is 18.9. The van der Waals surface area contributed by atoms with Crippen LogP contribution in [0.5, 0.6) is 11.5 Å². The SMILES string of the molecule is COc1ccc(OC)c(S(=O)(=O)NCCc2ccc(-c3cccs3)s2)c1. The van der Waals surface area contributed by atoms with E-state index in [1.165, 1.54) is 30.0 Å². The van der Waals surface area contributed by atoms with Crippen LogP contribution in [-0.4, -0.2) is 29.2 Å². The van der Waals surface area contributed by atoms with Crippen LogP contribution in [0.3, 0.4) is 0 Å². The molecule has 0 bridgehead atoms. The average Bonchev–Trinajstić information content (AvgIpc) is 3.32. The summed E-state index contributed by atoms with van der Waals surface area (Å²) in [5.74, 6) is 0.749. The number of rotatable bonds is 8. The van der Waals surface area contributed by atoms with Crippen molar-refractivity contribution >= 4 is 32.7 Å². The van der Waals surface area contributed by atoms with Gasteiger partial charge < -0.3 is 9.47 Å². The predicted octanol–water partition coefficient (Wildman–Crippen LogP) is 4.01. The van der Waals surface area contributed by atoms with Gasteiger partial charge >= 0.3 is 0 Å². The van der Waals surface area contributed by atoms with E-state index in [1.54, 1.807) is 34.8 Å². The van der Waals surface area contributed by atoms with Gasteiger partial charge in [-0.05, 0) is 42.1 Å². The van der Waals surface area contributed by atoms with Crippen LogP contribution in [0.25, 0.3) is 9.75 Å². The van der Waals surface area contributed by atoms with Crippen molar-refractivity contribution in [3.05, 3.63) is 52.7 Å². The third-order valence-corrected chi connectivity index (χ3v) is 7.44. The Kier molecular flexibility index (Phi) is 5.98. The summed E-state index contributed by atoms with van der Waals surface area (Å²) >= 11 is 3.38. The van der Waals surface area contributed by atoms with Gasteiger partial charge in [0.2, 0.25) is 10.0 Å². The Balaban J connectivity index is 1.67. The van der Waals surface area contributed by atoms with E-state index in [9.17, 15) is 8.42 Å². The maximum Gasteiger partial charge on any atom is 0.244 e. The summed E-state index contributed by atoms with van der Waals surface area (Å²) in [6.07, 6.45) is 0.627. The number of benzene rings is 1. The molecule has 0 aliphatic heterocycles. The molecule has 8 heteroatoms. The number of nitrogens with one attached hydrogen (secondary N) is 1. The highest BCUT2D eigenvalue weighted by Crippen LogP contribution is 2.32. The first-order valence-electron chi connectivity index (χ1n) is 7.88. The zero-order valence-corrected chi connectivity index (χ0v) is 16.8. The fourth-order valence-corrected chi connectivity index (χ4v) is 5.50. The second kappa shape index (κ2) is 8.22. The molecule has 1 aromatic carbocycles. The summed E-state index contributed by atoms with van der Waals surface area (Å²) in [6, 6.07) is 12.9. The first-order valence-corrected chi connectivity index (χ1v) is 11.1. The van der Waals surface area contributed by atoms with Gasteiger partial charge in [-0.1, -0.05) is 6.07 Å². The van der Waals surface area contributed by atoms with Crippen molar-refractivity contribution in [3.63, 3.8) is 0 Å². The third kappa shape index (κ3) is 4.27. The minimum atomic E-state index is -3.69. The Bertz CT molecular complexity index is 962. The van der Waals surface area contributed by atoms with E-state index in [2.05, 4.69) is 16.9 Å². The molecule has 1 N–H and O–H groups in total. The summed E-state index contributed by atoms with van der Waals surface area (Å²) in [4.78, 5) is 3.63. The van der Waals surface area contributed by atoms with E-state index in [0.29, 0.717) is 18.7 Å².